The SMILES string of the molecule is CCCCCCCCCCCCCCCC(=O)OCCSCC(NCCCCCCCC)C(=O)NC(CO)C(=O)OC. The molecule has 0 saturated heterocycles. The Morgan fingerprint density at radius 3 is 1.71 bits per heavy atom. The second-order valence-electron chi connectivity index (χ2n) is 11.3. The van der Waals surface area contributed by atoms with E-state index in [1.54, 1.807) is 0 Å². The smallest absolute Gasteiger partial charge is 0.330 e. The van der Waals surface area contributed by atoms with Gasteiger partial charge >= 0.3 is 11.9 Å². The van der Waals surface area contributed by atoms with Gasteiger partial charge in [-0.2, -0.15) is 11.8 Å². The van der Waals surface area contributed by atoms with Crippen molar-refractivity contribution in [1.29, 1.82) is 0 Å². The molecule has 0 aromatic rings. The normalized spacial score (nSPS) is 12.6. The van der Waals surface area contributed by atoms with Crippen LogP contribution in [0.3, 0.4) is 0 Å². The first-order chi connectivity index (χ1) is 20.5. The molecule has 2 unspecified atom stereocenters. The van der Waals surface area contributed by atoms with E-state index < -0.39 is 24.7 Å². The number of aliphatic hydroxyl groups is 1. The fraction of sp³-hybridized carbons (Fsp3) is 0.909. The molecule has 0 aliphatic carbocycles. The molecule has 248 valence electrons. The summed E-state index contributed by atoms with van der Waals surface area (Å²) in [7, 11) is 1.22. The fourth-order valence-electron chi connectivity index (χ4n) is 4.78. The van der Waals surface area contributed by atoms with Gasteiger partial charge in [0, 0.05) is 17.9 Å². The van der Waals surface area contributed by atoms with Crippen LogP contribution >= 0.6 is 11.8 Å². The summed E-state index contributed by atoms with van der Waals surface area (Å²) in [4.78, 5) is 36.7. The zero-order valence-electron chi connectivity index (χ0n) is 27.2. The number of aliphatic hydroxyl groups excluding tert-OH is 1. The van der Waals surface area contributed by atoms with Crippen molar-refractivity contribution in [1.82, 2.24) is 10.6 Å². The van der Waals surface area contributed by atoms with Gasteiger partial charge < -0.3 is 25.2 Å². The van der Waals surface area contributed by atoms with Gasteiger partial charge in [0.2, 0.25) is 5.91 Å². The summed E-state index contributed by atoms with van der Waals surface area (Å²) in [5.74, 6) is -0.121. The molecule has 0 rings (SSSR count). The van der Waals surface area contributed by atoms with Gasteiger partial charge in [0.1, 0.15) is 6.61 Å². The van der Waals surface area contributed by atoms with E-state index in [2.05, 4.69) is 29.2 Å². The molecule has 0 bridgehead atoms. The molecule has 0 saturated carbocycles. The lowest BCUT2D eigenvalue weighted by atomic mass is 10.0. The highest BCUT2D eigenvalue weighted by atomic mass is 32.2. The minimum absolute atomic E-state index is 0.155. The molecule has 9 heteroatoms. The van der Waals surface area contributed by atoms with Crippen LogP contribution in [0.1, 0.15) is 142 Å². The Labute approximate surface area is 261 Å². The van der Waals surface area contributed by atoms with E-state index in [4.69, 9.17) is 4.74 Å². The van der Waals surface area contributed by atoms with E-state index in [0.29, 0.717) is 31.1 Å². The van der Waals surface area contributed by atoms with E-state index in [1.807, 2.05) is 0 Å². The number of ether oxygens (including phenoxy) is 2. The summed E-state index contributed by atoms with van der Waals surface area (Å²) in [6.45, 7) is 4.94. The van der Waals surface area contributed by atoms with Crippen LogP contribution in [0.25, 0.3) is 0 Å². The standard InChI is InChI=1S/C33H64N2O6S/c1-4-6-8-10-12-13-14-15-16-17-18-19-21-23-31(37)41-25-26-42-28-30(34-24-22-20-11-9-7-5-2)32(38)35-29(27-36)33(39)40-3/h29-30,34,36H,4-28H2,1-3H3,(H,35,38). The molecule has 0 fully saturated rings. The number of amides is 1. The molecular formula is C33H64N2O6S. The second kappa shape index (κ2) is 31.1. The maximum atomic E-state index is 12.8. The van der Waals surface area contributed by atoms with Crippen molar-refractivity contribution in [3.8, 4) is 0 Å². The van der Waals surface area contributed by atoms with E-state index >= 15 is 0 Å². The van der Waals surface area contributed by atoms with Crippen molar-refractivity contribution in [3.05, 3.63) is 0 Å². The Hall–Kier alpha value is -1.32. The van der Waals surface area contributed by atoms with Gasteiger partial charge in [-0.05, 0) is 19.4 Å². The highest BCUT2D eigenvalue weighted by Gasteiger charge is 2.25. The molecule has 3 N–H and O–H groups in total. The minimum atomic E-state index is -1.09. The van der Waals surface area contributed by atoms with Crippen LogP contribution in [0.4, 0.5) is 0 Å². The molecule has 1 amide bonds. The molecule has 42 heavy (non-hydrogen) atoms. The Bertz CT molecular complexity index is 652. The summed E-state index contributed by atoms with van der Waals surface area (Å²) in [5.41, 5.74) is 0. The maximum absolute atomic E-state index is 12.8. The first kappa shape index (κ1) is 40.7. The van der Waals surface area contributed by atoms with Crippen LogP contribution in [0.5, 0.6) is 0 Å². The summed E-state index contributed by atoms with van der Waals surface area (Å²) < 4.78 is 10.0. The van der Waals surface area contributed by atoms with Crippen molar-refractivity contribution in [2.24, 2.45) is 0 Å². The first-order valence-corrected chi connectivity index (χ1v) is 18.1. The van der Waals surface area contributed by atoms with Crippen LogP contribution < -0.4 is 10.6 Å². The number of carbonyl (C=O) groups is 3. The second-order valence-corrected chi connectivity index (χ2v) is 12.5. The minimum Gasteiger partial charge on any atom is -0.467 e. The zero-order valence-corrected chi connectivity index (χ0v) is 28.0. The van der Waals surface area contributed by atoms with Crippen LogP contribution in [0.15, 0.2) is 0 Å². The molecule has 0 heterocycles. The predicted molar refractivity (Wildman–Crippen MR) is 175 cm³/mol. The van der Waals surface area contributed by atoms with E-state index in [9.17, 15) is 19.5 Å². The van der Waals surface area contributed by atoms with Crippen molar-refractivity contribution < 1.29 is 29.0 Å². The highest BCUT2D eigenvalue weighted by molar-refractivity contribution is 7.99. The quantitative estimate of drug-likeness (QED) is 0.0582. The lowest BCUT2D eigenvalue weighted by Gasteiger charge is -2.21. The van der Waals surface area contributed by atoms with Gasteiger partial charge in [-0.3, -0.25) is 9.59 Å². The lowest BCUT2D eigenvalue weighted by molar-refractivity contribution is -0.146. The molecule has 0 aliphatic heterocycles. The summed E-state index contributed by atoms with van der Waals surface area (Å²) in [6, 6.07) is -1.61. The van der Waals surface area contributed by atoms with Crippen molar-refractivity contribution in [2.45, 2.75) is 154 Å². The Balaban J connectivity index is 4.07. The largest absolute Gasteiger partial charge is 0.467 e. The monoisotopic (exact) mass is 616 g/mol. The number of rotatable bonds is 31. The number of thioether (sulfide) groups is 1. The topological polar surface area (TPSA) is 114 Å². The van der Waals surface area contributed by atoms with Crippen molar-refractivity contribution >= 4 is 29.6 Å². The zero-order chi connectivity index (χ0) is 31.1. The number of methoxy groups -OCH3 is 1. The third-order valence-electron chi connectivity index (χ3n) is 7.48. The molecule has 8 nitrogen and oxygen atoms in total. The molecule has 2 atom stereocenters. The van der Waals surface area contributed by atoms with Gasteiger partial charge in [-0.15, -0.1) is 0 Å². The third kappa shape index (κ3) is 25.2. The van der Waals surface area contributed by atoms with Crippen LogP contribution in [0.2, 0.25) is 0 Å². The first-order valence-electron chi connectivity index (χ1n) is 17.0. The Kier molecular flexibility index (Phi) is 30.1. The van der Waals surface area contributed by atoms with E-state index in [-0.39, 0.29) is 11.9 Å². The number of hydrogen-bond donors (Lipinski definition) is 3. The summed E-state index contributed by atoms with van der Waals surface area (Å²) >= 11 is 1.52. The van der Waals surface area contributed by atoms with Gasteiger partial charge in [0.15, 0.2) is 6.04 Å². The predicted octanol–water partition coefficient (Wildman–Crippen LogP) is 6.71. The van der Waals surface area contributed by atoms with Gasteiger partial charge in [0.25, 0.3) is 0 Å². The average molecular weight is 617 g/mol. The Morgan fingerprint density at radius 2 is 1.21 bits per heavy atom. The van der Waals surface area contributed by atoms with Gasteiger partial charge in [0.05, 0.1) is 19.8 Å². The molecule has 0 aliphatic rings. The number of carbonyl (C=O) groups excluding carboxylic acids is 3. The molecular weight excluding hydrogens is 552 g/mol. The van der Waals surface area contributed by atoms with Gasteiger partial charge in [-0.25, -0.2) is 4.79 Å². The number of unbranched alkanes of at least 4 members (excludes halogenated alkanes) is 17. The van der Waals surface area contributed by atoms with Crippen molar-refractivity contribution in [3.63, 3.8) is 0 Å². The fourth-order valence-corrected chi connectivity index (χ4v) is 5.65. The van der Waals surface area contributed by atoms with Crippen molar-refractivity contribution in [2.75, 3.05) is 38.4 Å². The third-order valence-corrected chi connectivity index (χ3v) is 8.51. The average Bonchev–Trinajstić information content (AvgIpc) is 2.99. The molecule has 0 spiro atoms. The molecule has 0 aromatic carbocycles. The lowest BCUT2D eigenvalue weighted by Crippen LogP contribution is -2.53. The van der Waals surface area contributed by atoms with Gasteiger partial charge in [-0.1, -0.05) is 123 Å². The van der Waals surface area contributed by atoms with Crippen LogP contribution in [-0.4, -0.2) is 73.4 Å². The molecule has 0 aromatic heterocycles. The maximum Gasteiger partial charge on any atom is 0.330 e. The molecule has 0 radical (unpaired) electrons. The Morgan fingerprint density at radius 1 is 0.714 bits per heavy atom. The van der Waals surface area contributed by atoms with Crippen LogP contribution in [0, 0.1) is 0 Å². The summed E-state index contributed by atoms with van der Waals surface area (Å²) in [5, 5.41) is 15.3. The number of nitrogens with one attached hydrogen (secondary N) is 2. The van der Waals surface area contributed by atoms with Crippen LogP contribution in [-0.2, 0) is 23.9 Å². The number of hydrogen-bond acceptors (Lipinski definition) is 8. The highest BCUT2D eigenvalue weighted by Crippen LogP contribution is 2.13. The summed E-state index contributed by atoms with van der Waals surface area (Å²) in [6.07, 6.45) is 24.0. The van der Waals surface area contributed by atoms with E-state index in [0.717, 1.165) is 25.7 Å². The van der Waals surface area contributed by atoms with E-state index in [1.165, 1.54) is 115 Å². The number of esters is 2.